The minimum Gasteiger partial charge on any atom is -0.392 e. The van der Waals surface area contributed by atoms with E-state index < -0.39 is 0 Å². The lowest BCUT2D eigenvalue weighted by Gasteiger charge is -2.04. The fourth-order valence-electron chi connectivity index (χ4n) is 1.23. The molecule has 0 amide bonds. The van der Waals surface area contributed by atoms with E-state index in [1.807, 2.05) is 25.1 Å². The fourth-order valence-corrected chi connectivity index (χ4v) is 2.70. The predicted molar refractivity (Wildman–Crippen MR) is 61.1 cm³/mol. The van der Waals surface area contributed by atoms with Gasteiger partial charge in [-0.05, 0) is 35.6 Å². The van der Waals surface area contributed by atoms with E-state index in [2.05, 4.69) is 9.36 Å². The molecule has 5 heteroatoms. The molecule has 0 aliphatic rings. The molecule has 0 unspecified atom stereocenters. The first kappa shape index (κ1) is 10.6. The summed E-state index contributed by atoms with van der Waals surface area (Å²) in [5, 5.41) is 8.98. The summed E-state index contributed by atoms with van der Waals surface area (Å²) in [5.74, 6) is 0. The maximum atomic E-state index is 8.98. The minimum atomic E-state index is 0.0879. The molecule has 1 aromatic carbocycles. The topological polar surface area (TPSA) is 46.0 Å². The Morgan fingerprint density at radius 3 is 2.93 bits per heavy atom. The van der Waals surface area contributed by atoms with Crippen LogP contribution < -0.4 is 0 Å². The molecule has 78 valence electrons. The molecule has 0 radical (unpaired) electrons. The van der Waals surface area contributed by atoms with Crippen molar-refractivity contribution in [2.75, 3.05) is 0 Å². The third-order valence-corrected chi connectivity index (χ3v) is 3.85. The van der Waals surface area contributed by atoms with E-state index in [4.69, 9.17) is 5.11 Å². The van der Waals surface area contributed by atoms with Crippen molar-refractivity contribution >= 4 is 23.3 Å². The van der Waals surface area contributed by atoms with Gasteiger partial charge in [0.05, 0.1) is 6.61 Å². The average molecular weight is 238 g/mol. The zero-order valence-electron chi connectivity index (χ0n) is 8.17. The van der Waals surface area contributed by atoms with Crippen LogP contribution in [-0.2, 0) is 6.61 Å². The van der Waals surface area contributed by atoms with Gasteiger partial charge in [-0.1, -0.05) is 23.9 Å². The largest absolute Gasteiger partial charge is 0.392 e. The quantitative estimate of drug-likeness (QED) is 0.892. The van der Waals surface area contributed by atoms with Crippen LogP contribution in [0.15, 0.2) is 33.8 Å². The van der Waals surface area contributed by atoms with Crippen molar-refractivity contribution < 1.29 is 5.11 Å². The Balaban J connectivity index is 2.22. The molecule has 0 spiro atoms. The smallest absolute Gasteiger partial charge is 0.174 e. The number of nitrogens with zero attached hydrogens (tertiary/aromatic N) is 2. The Morgan fingerprint density at radius 2 is 2.33 bits per heavy atom. The van der Waals surface area contributed by atoms with Crippen molar-refractivity contribution in [3.63, 3.8) is 0 Å². The van der Waals surface area contributed by atoms with E-state index in [9.17, 15) is 0 Å². The molecule has 0 atom stereocenters. The monoisotopic (exact) mass is 238 g/mol. The first-order chi connectivity index (χ1) is 7.29. The highest BCUT2D eigenvalue weighted by atomic mass is 32.2. The van der Waals surface area contributed by atoms with Gasteiger partial charge in [-0.3, -0.25) is 0 Å². The van der Waals surface area contributed by atoms with Crippen LogP contribution in [0.2, 0.25) is 0 Å². The zero-order valence-corrected chi connectivity index (χ0v) is 9.81. The molecule has 0 saturated carbocycles. The third-order valence-electron chi connectivity index (χ3n) is 1.96. The summed E-state index contributed by atoms with van der Waals surface area (Å²) in [5.41, 5.74) is 2.09. The number of aryl methyl sites for hydroxylation is 1. The first-order valence-corrected chi connectivity index (χ1v) is 6.03. The van der Waals surface area contributed by atoms with Crippen LogP contribution in [-0.4, -0.2) is 14.5 Å². The highest BCUT2D eigenvalue weighted by Gasteiger charge is 2.04. The van der Waals surface area contributed by atoms with Crippen LogP contribution in [0, 0.1) is 6.92 Å². The lowest BCUT2D eigenvalue weighted by atomic mass is 10.1. The number of aliphatic hydroxyl groups is 1. The van der Waals surface area contributed by atoms with Gasteiger partial charge in [-0.25, -0.2) is 4.98 Å². The Bertz CT molecular complexity index is 443. The van der Waals surface area contributed by atoms with Crippen LogP contribution in [0.3, 0.4) is 0 Å². The van der Waals surface area contributed by atoms with Crippen molar-refractivity contribution in [1.29, 1.82) is 0 Å². The maximum Gasteiger partial charge on any atom is 0.174 e. The molecule has 15 heavy (non-hydrogen) atoms. The summed E-state index contributed by atoms with van der Waals surface area (Å²) < 4.78 is 4.89. The van der Waals surface area contributed by atoms with Crippen LogP contribution in [0.4, 0.5) is 0 Å². The van der Waals surface area contributed by atoms with Gasteiger partial charge in [0, 0.05) is 4.90 Å². The number of aliphatic hydroxyl groups excluding tert-OH is 1. The van der Waals surface area contributed by atoms with Crippen molar-refractivity contribution in [3.05, 3.63) is 35.7 Å². The second kappa shape index (κ2) is 4.74. The molecule has 1 heterocycles. The molecule has 1 N–H and O–H groups in total. The molecule has 2 aromatic rings. The average Bonchev–Trinajstić information content (AvgIpc) is 2.74. The van der Waals surface area contributed by atoms with Crippen molar-refractivity contribution in [1.82, 2.24) is 9.36 Å². The molecular weight excluding hydrogens is 228 g/mol. The van der Waals surface area contributed by atoms with Gasteiger partial charge >= 0.3 is 0 Å². The van der Waals surface area contributed by atoms with E-state index in [0.29, 0.717) is 0 Å². The lowest BCUT2D eigenvalue weighted by Crippen LogP contribution is -1.86. The van der Waals surface area contributed by atoms with Crippen LogP contribution in [0.5, 0.6) is 0 Å². The zero-order chi connectivity index (χ0) is 10.7. The van der Waals surface area contributed by atoms with Gasteiger partial charge < -0.3 is 5.11 Å². The Hall–Kier alpha value is -0.910. The number of aromatic nitrogens is 2. The molecule has 3 nitrogen and oxygen atoms in total. The minimum absolute atomic E-state index is 0.0879. The SMILES string of the molecule is Cc1cc(CO)ccc1Sc1ncns1. The van der Waals surface area contributed by atoms with E-state index in [-0.39, 0.29) is 6.61 Å². The summed E-state index contributed by atoms with van der Waals surface area (Å²) in [7, 11) is 0. The maximum absolute atomic E-state index is 8.98. The van der Waals surface area contributed by atoms with Gasteiger partial charge in [-0.15, -0.1) is 0 Å². The number of hydrogen-bond acceptors (Lipinski definition) is 5. The van der Waals surface area contributed by atoms with E-state index in [1.54, 1.807) is 18.1 Å². The number of hydrogen-bond donors (Lipinski definition) is 1. The molecular formula is C10H10N2OS2. The van der Waals surface area contributed by atoms with Gasteiger partial charge in [0.15, 0.2) is 4.34 Å². The lowest BCUT2D eigenvalue weighted by molar-refractivity contribution is 0.281. The molecule has 0 aliphatic heterocycles. The third kappa shape index (κ3) is 2.56. The Kier molecular flexibility index (Phi) is 3.35. The van der Waals surface area contributed by atoms with E-state index in [1.165, 1.54) is 11.5 Å². The number of benzene rings is 1. The highest BCUT2D eigenvalue weighted by molar-refractivity contribution is 8.01. The summed E-state index contributed by atoms with van der Waals surface area (Å²) in [6.45, 7) is 2.12. The van der Waals surface area contributed by atoms with Crippen LogP contribution >= 0.6 is 23.3 Å². The first-order valence-electron chi connectivity index (χ1n) is 4.44. The van der Waals surface area contributed by atoms with Crippen molar-refractivity contribution in [3.8, 4) is 0 Å². The van der Waals surface area contributed by atoms with Crippen LogP contribution in [0.1, 0.15) is 11.1 Å². The molecule has 1 aromatic heterocycles. The fraction of sp³-hybridized carbons (Fsp3) is 0.200. The summed E-state index contributed by atoms with van der Waals surface area (Å²) in [6.07, 6.45) is 1.56. The van der Waals surface area contributed by atoms with E-state index >= 15 is 0 Å². The summed E-state index contributed by atoms with van der Waals surface area (Å²) in [6, 6.07) is 5.92. The van der Waals surface area contributed by atoms with Gasteiger partial charge in [0.1, 0.15) is 6.33 Å². The second-order valence-corrected chi connectivity index (χ2v) is 5.14. The highest BCUT2D eigenvalue weighted by Crippen LogP contribution is 2.30. The molecule has 2 rings (SSSR count). The van der Waals surface area contributed by atoms with Gasteiger partial charge in [0.25, 0.3) is 0 Å². The Labute approximate surface area is 96.4 Å². The van der Waals surface area contributed by atoms with E-state index in [0.717, 1.165) is 20.4 Å². The van der Waals surface area contributed by atoms with Crippen LogP contribution in [0.25, 0.3) is 0 Å². The Morgan fingerprint density at radius 1 is 1.47 bits per heavy atom. The molecule has 0 saturated heterocycles. The van der Waals surface area contributed by atoms with Crippen molar-refractivity contribution in [2.45, 2.75) is 22.8 Å². The molecule has 0 aliphatic carbocycles. The standard InChI is InChI=1S/C10H10N2OS2/c1-7-4-8(5-13)2-3-9(7)14-10-11-6-12-15-10/h2-4,6,13H,5H2,1H3. The van der Waals surface area contributed by atoms with Crippen molar-refractivity contribution in [2.24, 2.45) is 0 Å². The molecule has 0 fully saturated rings. The predicted octanol–water partition coefficient (Wildman–Crippen LogP) is 2.49. The normalized spacial score (nSPS) is 10.5. The summed E-state index contributed by atoms with van der Waals surface area (Å²) >= 11 is 2.99. The number of rotatable bonds is 3. The second-order valence-electron chi connectivity index (χ2n) is 3.07. The van der Waals surface area contributed by atoms with Gasteiger partial charge in [0.2, 0.25) is 0 Å². The van der Waals surface area contributed by atoms with Gasteiger partial charge in [-0.2, -0.15) is 4.37 Å². The molecule has 0 bridgehead atoms. The summed E-state index contributed by atoms with van der Waals surface area (Å²) in [4.78, 5) is 5.27.